The number of alkyl halides is 3. The molecule has 31 heavy (non-hydrogen) atoms. The van der Waals surface area contributed by atoms with Gasteiger partial charge in [-0.25, -0.2) is 8.42 Å². The molecule has 1 saturated heterocycles. The Balaban J connectivity index is 1.78. The Kier molecular flexibility index (Phi) is 5.99. The largest absolute Gasteiger partial charge is 0.506 e. The van der Waals surface area contributed by atoms with Gasteiger partial charge < -0.3 is 15.3 Å². The molecule has 1 atom stereocenters. The monoisotopic (exact) mass is 456 g/mol. The van der Waals surface area contributed by atoms with Crippen molar-refractivity contribution in [3.05, 3.63) is 48.0 Å². The molecule has 2 amide bonds. The number of benzene rings is 2. The molecule has 0 aliphatic carbocycles. The third kappa shape index (κ3) is 4.82. The zero-order valence-electron chi connectivity index (χ0n) is 16.3. The summed E-state index contributed by atoms with van der Waals surface area (Å²) >= 11 is 0. The highest BCUT2D eigenvalue weighted by molar-refractivity contribution is 7.91. The first-order valence-corrected chi connectivity index (χ1v) is 10.9. The smallest absolute Gasteiger partial charge is 0.416 e. The number of rotatable bonds is 5. The number of nitrogens with zero attached hydrogens (tertiary/aromatic N) is 1. The zero-order chi connectivity index (χ0) is 23.0. The minimum atomic E-state index is -4.57. The van der Waals surface area contributed by atoms with Gasteiger partial charge in [-0.15, -0.1) is 0 Å². The van der Waals surface area contributed by atoms with Crippen molar-refractivity contribution in [2.24, 2.45) is 5.92 Å². The fraction of sp³-hybridized carbons (Fsp3) is 0.300. The van der Waals surface area contributed by atoms with E-state index in [2.05, 4.69) is 5.32 Å². The van der Waals surface area contributed by atoms with Crippen molar-refractivity contribution in [2.45, 2.75) is 24.4 Å². The first kappa shape index (κ1) is 22.6. The number of carbonyl (C=O) groups is 2. The Labute approximate surface area is 176 Å². The molecule has 3 rings (SSSR count). The summed E-state index contributed by atoms with van der Waals surface area (Å²) in [6, 6.07) is 7.70. The molecule has 0 saturated carbocycles. The Bertz CT molecular complexity index is 1130. The van der Waals surface area contributed by atoms with Gasteiger partial charge in [0.05, 0.1) is 27.8 Å². The average molecular weight is 456 g/mol. The molecule has 1 aliphatic heterocycles. The van der Waals surface area contributed by atoms with Crippen LogP contribution in [0.15, 0.2) is 47.4 Å². The maximum Gasteiger partial charge on any atom is 0.416 e. The molecular weight excluding hydrogens is 437 g/mol. The Morgan fingerprint density at radius 2 is 1.94 bits per heavy atom. The average Bonchev–Trinajstić information content (AvgIpc) is 3.10. The number of anilines is 2. The van der Waals surface area contributed by atoms with Gasteiger partial charge in [-0.1, -0.05) is 13.0 Å². The van der Waals surface area contributed by atoms with E-state index >= 15 is 0 Å². The molecule has 0 radical (unpaired) electrons. The van der Waals surface area contributed by atoms with Gasteiger partial charge in [-0.05, 0) is 36.4 Å². The molecule has 11 heteroatoms. The third-order valence-electron chi connectivity index (χ3n) is 4.95. The quantitative estimate of drug-likeness (QED) is 0.673. The number of halogens is 3. The third-order valence-corrected chi connectivity index (χ3v) is 6.68. The van der Waals surface area contributed by atoms with E-state index in [0.717, 1.165) is 29.2 Å². The van der Waals surface area contributed by atoms with Gasteiger partial charge in [0.15, 0.2) is 9.84 Å². The van der Waals surface area contributed by atoms with Gasteiger partial charge in [0.2, 0.25) is 11.8 Å². The summed E-state index contributed by atoms with van der Waals surface area (Å²) in [6.07, 6.45) is -4.81. The van der Waals surface area contributed by atoms with Crippen molar-refractivity contribution in [2.75, 3.05) is 22.5 Å². The molecule has 0 bridgehead atoms. The van der Waals surface area contributed by atoms with E-state index in [1.165, 1.54) is 25.1 Å². The highest BCUT2D eigenvalue weighted by Crippen LogP contribution is 2.34. The predicted octanol–water partition coefficient (Wildman–Crippen LogP) is 3.20. The summed E-state index contributed by atoms with van der Waals surface area (Å²) < 4.78 is 62.9. The van der Waals surface area contributed by atoms with E-state index in [0.29, 0.717) is 0 Å². The lowest BCUT2D eigenvalue weighted by atomic mass is 10.1. The van der Waals surface area contributed by atoms with Crippen LogP contribution < -0.4 is 10.2 Å². The molecule has 1 heterocycles. The lowest BCUT2D eigenvalue weighted by Crippen LogP contribution is -2.28. The number of amides is 2. The molecule has 2 N–H and O–H groups in total. The zero-order valence-corrected chi connectivity index (χ0v) is 17.1. The van der Waals surface area contributed by atoms with Crippen molar-refractivity contribution in [3.63, 3.8) is 0 Å². The molecule has 1 fully saturated rings. The van der Waals surface area contributed by atoms with Crippen molar-refractivity contribution < 1.29 is 36.3 Å². The minimum absolute atomic E-state index is 0.0222. The number of carbonyl (C=O) groups excluding carboxylic acids is 2. The SMILES string of the molecule is CCS(=O)(=O)c1ccc(O)c(NC(=O)C2CC(=O)N(c3cccc(C(F)(F)F)c3)C2)c1. The van der Waals surface area contributed by atoms with Crippen LogP contribution in [0.4, 0.5) is 24.5 Å². The van der Waals surface area contributed by atoms with Crippen molar-refractivity contribution in [1.29, 1.82) is 0 Å². The number of hydrogen-bond acceptors (Lipinski definition) is 5. The van der Waals surface area contributed by atoms with Crippen LogP contribution in [0.2, 0.25) is 0 Å². The fourth-order valence-corrected chi connectivity index (χ4v) is 4.10. The summed E-state index contributed by atoms with van der Waals surface area (Å²) in [5.74, 6) is -2.61. The molecule has 0 aromatic heterocycles. The molecule has 1 aliphatic rings. The van der Waals surface area contributed by atoms with Gasteiger partial charge in [-0.2, -0.15) is 13.2 Å². The Morgan fingerprint density at radius 3 is 2.58 bits per heavy atom. The first-order chi connectivity index (χ1) is 14.4. The summed E-state index contributed by atoms with van der Waals surface area (Å²) in [5, 5.41) is 12.4. The number of nitrogens with one attached hydrogen (secondary N) is 1. The van der Waals surface area contributed by atoms with Gasteiger partial charge >= 0.3 is 6.18 Å². The molecule has 7 nitrogen and oxygen atoms in total. The van der Waals surface area contributed by atoms with Crippen LogP contribution >= 0.6 is 0 Å². The number of aromatic hydroxyl groups is 1. The van der Waals surface area contributed by atoms with E-state index in [1.54, 1.807) is 0 Å². The first-order valence-electron chi connectivity index (χ1n) is 9.26. The van der Waals surface area contributed by atoms with Gasteiger partial charge in [0, 0.05) is 18.7 Å². The molecule has 2 aromatic rings. The van der Waals surface area contributed by atoms with Crippen molar-refractivity contribution in [3.8, 4) is 5.75 Å². The van der Waals surface area contributed by atoms with Crippen molar-refractivity contribution in [1.82, 2.24) is 0 Å². The summed E-state index contributed by atoms with van der Waals surface area (Å²) in [6.45, 7) is 1.30. The molecule has 1 unspecified atom stereocenters. The summed E-state index contributed by atoms with van der Waals surface area (Å²) in [5.41, 5.74) is -1.02. The lowest BCUT2D eigenvalue weighted by Gasteiger charge is -2.18. The van der Waals surface area contributed by atoms with Crippen molar-refractivity contribution >= 4 is 33.0 Å². The topological polar surface area (TPSA) is 104 Å². The van der Waals surface area contributed by atoms with E-state index in [9.17, 15) is 36.3 Å². The normalized spacial score (nSPS) is 17.1. The van der Waals surface area contributed by atoms with E-state index in [4.69, 9.17) is 0 Å². The standard InChI is InChI=1S/C20H19F3N2O5S/c1-2-31(29,30)15-6-7-17(26)16(10-15)24-19(28)12-8-18(27)25(11-12)14-5-3-4-13(9-14)20(21,22)23/h3-7,9-10,12,26H,2,8,11H2,1H3,(H,24,28). The second-order valence-corrected chi connectivity index (χ2v) is 9.30. The van der Waals surface area contributed by atoms with Gasteiger partial charge in [0.1, 0.15) is 5.75 Å². The van der Waals surface area contributed by atoms with Crippen LogP contribution in [0.1, 0.15) is 18.9 Å². The summed E-state index contributed by atoms with van der Waals surface area (Å²) in [7, 11) is -3.58. The molecule has 2 aromatic carbocycles. The number of phenolic OH excluding ortho intramolecular Hbond substituents is 1. The van der Waals surface area contributed by atoms with E-state index in [1.807, 2.05) is 0 Å². The number of hydrogen-bond donors (Lipinski definition) is 2. The summed E-state index contributed by atoms with van der Waals surface area (Å²) in [4.78, 5) is 26.0. The minimum Gasteiger partial charge on any atom is -0.506 e. The maximum absolute atomic E-state index is 12.9. The lowest BCUT2D eigenvalue weighted by molar-refractivity contribution is -0.137. The Hall–Kier alpha value is -3.08. The van der Waals surface area contributed by atoms with E-state index < -0.39 is 39.3 Å². The van der Waals surface area contributed by atoms with Crippen LogP contribution in [-0.2, 0) is 25.6 Å². The van der Waals surface area contributed by atoms with Crippen LogP contribution in [0.5, 0.6) is 5.75 Å². The van der Waals surface area contributed by atoms with E-state index in [-0.39, 0.29) is 40.7 Å². The van der Waals surface area contributed by atoms with Crippen LogP contribution in [0, 0.1) is 5.92 Å². The van der Waals surface area contributed by atoms with Gasteiger partial charge in [0.25, 0.3) is 0 Å². The number of sulfone groups is 1. The fourth-order valence-electron chi connectivity index (χ4n) is 3.19. The number of phenols is 1. The maximum atomic E-state index is 12.9. The Morgan fingerprint density at radius 1 is 1.23 bits per heavy atom. The second-order valence-electron chi connectivity index (χ2n) is 7.03. The van der Waals surface area contributed by atoms with Gasteiger partial charge in [-0.3, -0.25) is 9.59 Å². The van der Waals surface area contributed by atoms with Crippen LogP contribution in [0.25, 0.3) is 0 Å². The molecule has 0 spiro atoms. The molecular formula is C20H19F3N2O5S. The predicted molar refractivity (Wildman–Crippen MR) is 106 cm³/mol. The second kappa shape index (κ2) is 8.22. The highest BCUT2D eigenvalue weighted by Gasteiger charge is 2.37. The van der Waals surface area contributed by atoms with Crippen LogP contribution in [-0.4, -0.2) is 37.6 Å². The van der Waals surface area contributed by atoms with Crippen LogP contribution in [0.3, 0.4) is 0 Å². The molecule has 166 valence electrons. The highest BCUT2D eigenvalue weighted by atomic mass is 32.2.